The van der Waals surface area contributed by atoms with Crippen LogP contribution in [0.3, 0.4) is 0 Å². The fourth-order valence-corrected chi connectivity index (χ4v) is 1.78. The van der Waals surface area contributed by atoms with Gasteiger partial charge in [-0.15, -0.1) is 6.42 Å². The summed E-state index contributed by atoms with van der Waals surface area (Å²) in [7, 11) is 0. The minimum Gasteiger partial charge on any atom is -0.481 e. The van der Waals surface area contributed by atoms with Crippen molar-refractivity contribution in [3.05, 3.63) is 0 Å². The Labute approximate surface area is 121 Å². The summed E-state index contributed by atoms with van der Waals surface area (Å²) in [5, 5.41) is 14.1. The summed E-state index contributed by atoms with van der Waals surface area (Å²) in [6.45, 7) is 6.50. The third-order valence-electron chi connectivity index (χ3n) is 3.19. The molecular weight excluding hydrogens is 256 g/mol. The van der Waals surface area contributed by atoms with Crippen molar-refractivity contribution in [3.63, 3.8) is 0 Å². The number of nitrogens with one attached hydrogen (secondary N) is 2. The van der Waals surface area contributed by atoms with E-state index in [1.807, 2.05) is 20.8 Å². The van der Waals surface area contributed by atoms with Gasteiger partial charge in [0.15, 0.2) is 0 Å². The topological polar surface area (TPSA) is 78.4 Å². The number of rotatable bonds is 9. The molecule has 0 saturated heterocycles. The van der Waals surface area contributed by atoms with E-state index in [2.05, 4.69) is 16.6 Å². The summed E-state index contributed by atoms with van der Waals surface area (Å²) in [6.07, 6.45) is 8.46. The number of hydrogen-bond donors (Lipinski definition) is 3. The number of aliphatic carboxylic acids is 1. The molecule has 3 N–H and O–H groups in total. The van der Waals surface area contributed by atoms with E-state index in [1.54, 1.807) is 0 Å². The van der Waals surface area contributed by atoms with Crippen LogP contribution in [0.1, 0.15) is 52.9 Å². The maximum Gasteiger partial charge on any atom is 0.315 e. The van der Waals surface area contributed by atoms with Gasteiger partial charge in [-0.25, -0.2) is 4.79 Å². The van der Waals surface area contributed by atoms with Crippen molar-refractivity contribution < 1.29 is 14.7 Å². The zero-order chi connectivity index (χ0) is 15.6. The van der Waals surface area contributed by atoms with E-state index < -0.39 is 5.97 Å². The highest BCUT2D eigenvalue weighted by Crippen LogP contribution is 2.25. The van der Waals surface area contributed by atoms with Gasteiger partial charge in [-0.3, -0.25) is 4.79 Å². The fourth-order valence-electron chi connectivity index (χ4n) is 1.78. The van der Waals surface area contributed by atoms with Crippen LogP contribution in [0.4, 0.5) is 4.79 Å². The number of carbonyl (C=O) groups excluding carboxylic acids is 1. The quantitative estimate of drug-likeness (QED) is 0.568. The monoisotopic (exact) mass is 282 g/mol. The van der Waals surface area contributed by atoms with Crippen molar-refractivity contribution in [2.75, 3.05) is 6.54 Å². The number of terminal acetylenes is 1. The lowest BCUT2D eigenvalue weighted by Gasteiger charge is -2.24. The molecule has 1 unspecified atom stereocenters. The van der Waals surface area contributed by atoms with Crippen LogP contribution in [-0.2, 0) is 4.79 Å². The predicted molar refractivity (Wildman–Crippen MR) is 79.3 cm³/mol. The largest absolute Gasteiger partial charge is 0.481 e. The second-order valence-corrected chi connectivity index (χ2v) is 5.72. The van der Waals surface area contributed by atoms with Crippen LogP contribution < -0.4 is 10.6 Å². The Morgan fingerprint density at radius 3 is 2.50 bits per heavy atom. The number of carboxylic acids is 1. The highest BCUT2D eigenvalue weighted by molar-refractivity contribution is 5.74. The van der Waals surface area contributed by atoms with Crippen molar-refractivity contribution >= 4 is 12.0 Å². The third-order valence-corrected chi connectivity index (χ3v) is 3.19. The summed E-state index contributed by atoms with van der Waals surface area (Å²) in [5.74, 6) is 1.74. The predicted octanol–water partition coefficient (Wildman–Crippen LogP) is 2.37. The first-order valence-electron chi connectivity index (χ1n) is 7.03. The van der Waals surface area contributed by atoms with Crippen LogP contribution in [-0.4, -0.2) is 29.7 Å². The number of hydrogen-bond acceptors (Lipinski definition) is 2. The molecule has 5 heteroatoms. The molecule has 0 aromatic rings. The minimum atomic E-state index is -0.791. The molecule has 0 heterocycles. The Bertz CT molecular complexity index is 359. The van der Waals surface area contributed by atoms with E-state index in [0.717, 1.165) is 19.3 Å². The van der Waals surface area contributed by atoms with Gasteiger partial charge in [0.1, 0.15) is 0 Å². The van der Waals surface area contributed by atoms with Crippen LogP contribution in [0.15, 0.2) is 0 Å². The van der Waals surface area contributed by atoms with Crippen molar-refractivity contribution in [2.24, 2.45) is 5.41 Å². The summed E-state index contributed by atoms with van der Waals surface area (Å²) in [4.78, 5) is 22.2. The lowest BCUT2D eigenvalue weighted by molar-refractivity contribution is -0.137. The van der Waals surface area contributed by atoms with Gasteiger partial charge in [0.2, 0.25) is 0 Å². The van der Waals surface area contributed by atoms with Crippen molar-refractivity contribution in [1.82, 2.24) is 10.6 Å². The summed E-state index contributed by atoms with van der Waals surface area (Å²) in [5.41, 5.74) is -0.111. The highest BCUT2D eigenvalue weighted by Gasteiger charge is 2.19. The molecule has 0 rings (SSSR count). The average Bonchev–Trinajstić information content (AvgIpc) is 2.35. The van der Waals surface area contributed by atoms with Crippen LogP contribution in [0.2, 0.25) is 0 Å². The van der Waals surface area contributed by atoms with Gasteiger partial charge in [0.05, 0.1) is 6.04 Å². The molecule has 5 nitrogen and oxygen atoms in total. The van der Waals surface area contributed by atoms with E-state index in [4.69, 9.17) is 11.5 Å². The molecule has 0 aromatic carbocycles. The average molecular weight is 282 g/mol. The highest BCUT2D eigenvalue weighted by atomic mass is 16.4. The third kappa shape index (κ3) is 9.26. The van der Waals surface area contributed by atoms with Crippen molar-refractivity contribution in [2.45, 2.75) is 58.9 Å². The molecule has 0 bridgehead atoms. The molecule has 114 valence electrons. The maximum atomic E-state index is 11.6. The Hall–Kier alpha value is -1.70. The molecular formula is C15H26N2O3. The summed E-state index contributed by atoms with van der Waals surface area (Å²) >= 11 is 0. The lowest BCUT2D eigenvalue weighted by atomic mass is 9.84. The second-order valence-electron chi connectivity index (χ2n) is 5.72. The molecule has 2 amide bonds. The Morgan fingerprint density at radius 2 is 2.00 bits per heavy atom. The molecule has 0 spiro atoms. The van der Waals surface area contributed by atoms with Gasteiger partial charge in [0.25, 0.3) is 0 Å². The standard InChI is InChI=1S/C15H26N2O3/c1-5-7-12(6-2)17-14(20)16-11-10-15(3,4)9-8-13(18)19/h2,12H,5,7-11H2,1,3-4H3,(H,18,19)(H2,16,17,20). The molecule has 1 atom stereocenters. The molecule has 20 heavy (non-hydrogen) atoms. The Kier molecular flexibility index (Phi) is 8.46. The van der Waals surface area contributed by atoms with Crippen LogP contribution in [0.25, 0.3) is 0 Å². The number of amides is 2. The molecule has 0 fully saturated rings. The summed E-state index contributed by atoms with van der Waals surface area (Å²) < 4.78 is 0. The van der Waals surface area contributed by atoms with Gasteiger partial charge in [-0.2, -0.15) is 0 Å². The first kappa shape index (κ1) is 18.3. The van der Waals surface area contributed by atoms with Gasteiger partial charge < -0.3 is 15.7 Å². The van der Waals surface area contributed by atoms with E-state index in [-0.39, 0.29) is 23.9 Å². The van der Waals surface area contributed by atoms with E-state index >= 15 is 0 Å². The van der Waals surface area contributed by atoms with Gasteiger partial charge >= 0.3 is 12.0 Å². The lowest BCUT2D eigenvalue weighted by Crippen LogP contribution is -2.42. The van der Waals surface area contributed by atoms with E-state index in [1.165, 1.54) is 0 Å². The minimum absolute atomic E-state index is 0.111. The first-order valence-corrected chi connectivity index (χ1v) is 7.03. The summed E-state index contributed by atoms with van der Waals surface area (Å²) in [6, 6.07) is -0.504. The van der Waals surface area contributed by atoms with Crippen LogP contribution in [0, 0.1) is 17.8 Å². The first-order chi connectivity index (χ1) is 9.30. The number of carboxylic acid groups (broad SMARTS) is 1. The molecule has 0 aliphatic carbocycles. The molecule has 0 aromatic heterocycles. The van der Waals surface area contributed by atoms with E-state index in [9.17, 15) is 9.59 Å². The van der Waals surface area contributed by atoms with Gasteiger partial charge in [-0.05, 0) is 24.7 Å². The van der Waals surface area contributed by atoms with Gasteiger partial charge in [-0.1, -0.05) is 33.1 Å². The molecule has 0 radical (unpaired) electrons. The van der Waals surface area contributed by atoms with Crippen LogP contribution in [0.5, 0.6) is 0 Å². The van der Waals surface area contributed by atoms with Crippen molar-refractivity contribution in [3.8, 4) is 12.3 Å². The van der Waals surface area contributed by atoms with Crippen molar-refractivity contribution in [1.29, 1.82) is 0 Å². The second kappa shape index (κ2) is 9.24. The maximum absolute atomic E-state index is 11.6. The van der Waals surface area contributed by atoms with Gasteiger partial charge in [0, 0.05) is 13.0 Å². The molecule has 0 aliphatic heterocycles. The zero-order valence-electron chi connectivity index (χ0n) is 12.7. The SMILES string of the molecule is C#CC(CCC)NC(=O)NCCC(C)(C)CCC(=O)O. The normalized spacial score (nSPS) is 12.3. The Morgan fingerprint density at radius 1 is 1.35 bits per heavy atom. The van der Waals surface area contributed by atoms with Crippen LogP contribution >= 0.6 is 0 Å². The fraction of sp³-hybridized carbons (Fsp3) is 0.733. The number of urea groups is 1. The zero-order valence-corrected chi connectivity index (χ0v) is 12.7. The molecule has 0 saturated carbocycles. The van der Waals surface area contributed by atoms with E-state index in [0.29, 0.717) is 13.0 Å². The molecule has 0 aliphatic rings. The Balaban J connectivity index is 3.95. The smallest absolute Gasteiger partial charge is 0.315 e. The number of carbonyl (C=O) groups is 2.